The number of carbonyl (C=O) groups is 1. The largest absolute Gasteiger partial charge is 0.358 e. The first-order chi connectivity index (χ1) is 13.6. The van der Waals surface area contributed by atoms with Crippen molar-refractivity contribution in [1.82, 2.24) is 20.5 Å². The van der Waals surface area contributed by atoms with Crippen LogP contribution in [0.5, 0.6) is 0 Å². The van der Waals surface area contributed by atoms with Gasteiger partial charge in [-0.1, -0.05) is 37.5 Å². The molecule has 160 valence electrons. The van der Waals surface area contributed by atoms with E-state index in [0.717, 1.165) is 25.5 Å². The summed E-state index contributed by atoms with van der Waals surface area (Å²) in [4.78, 5) is 21.4. The second kappa shape index (κ2) is 12.0. The lowest BCUT2D eigenvalue weighted by Gasteiger charge is -2.23. The van der Waals surface area contributed by atoms with Gasteiger partial charge >= 0.3 is 0 Å². The molecule has 1 amide bonds. The number of aromatic nitrogens is 1. The Labute approximate surface area is 190 Å². The van der Waals surface area contributed by atoms with Gasteiger partial charge in [0.2, 0.25) is 5.91 Å². The fourth-order valence-corrected chi connectivity index (χ4v) is 3.68. The van der Waals surface area contributed by atoms with Gasteiger partial charge in [0.15, 0.2) is 5.96 Å². The van der Waals surface area contributed by atoms with Crippen molar-refractivity contribution < 1.29 is 4.79 Å². The second-order valence-electron chi connectivity index (χ2n) is 7.90. The molecule has 3 N–H and O–H groups in total. The highest BCUT2D eigenvalue weighted by Gasteiger charge is 2.14. The van der Waals surface area contributed by atoms with Crippen LogP contribution in [0.3, 0.4) is 0 Å². The number of likely N-dealkylation sites (N-methyl/N-ethyl adjacent to an activating group) is 1. The van der Waals surface area contributed by atoms with Crippen molar-refractivity contribution in [3.63, 3.8) is 0 Å². The van der Waals surface area contributed by atoms with Crippen LogP contribution in [-0.4, -0.2) is 55.5 Å². The standard InChI is InChI=1S/C22H33N5O.HI/c1-27(2)21(28)16-25-22(24-15-17-8-4-3-5-9-17)23-13-12-19-14-18-10-6-7-11-20(18)26-19;/h6-7,10-11,14,17,26H,3-5,8-9,12-13,15-16H2,1-2H3,(H2,23,24,25);1H. The van der Waals surface area contributed by atoms with Gasteiger partial charge in [-0.25, -0.2) is 4.99 Å². The van der Waals surface area contributed by atoms with E-state index in [1.807, 2.05) is 6.07 Å². The molecule has 0 saturated heterocycles. The molecule has 2 aromatic rings. The van der Waals surface area contributed by atoms with Gasteiger partial charge in [0, 0.05) is 44.8 Å². The van der Waals surface area contributed by atoms with Crippen molar-refractivity contribution in [2.24, 2.45) is 10.9 Å². The van der Waals surface area contributed by atoms with E-state index in [1.165, 1.54) is 48.7 Å². The van der Waals surface area contributed by atoms with Gasteiger partial charge in [-0.2, -0.15) is 0 Å². The second-order valence-corrected chi connectivity index (χ2v) is 7.90. The lowest BCUT2D eigenvalue weighted by Crippen LogP contribution is -2.41. The molecular weight excluding hydrogens is 477 g/mol. The summed E-state index contributed by atoms with van der Waals surface area (Å²) < 4.78 is 0. The molecule has 1 aliphatic rings. The van der Waals surface area contributed by atoms with E-state index in [1.54, 1.807) is 19.0 Å². The van der Waals surface area contributed by atoms with Crippen LogP contribution in [0, 0.1) is 5.92 Å². The van der Waals surface area contributed by atoms with Crippen LogP contribution >= 0.6 is 24.0 Å². The Morgan fingerprint density at radius 1 is 1.17 bits per heavy atom. The minimum Gasteiger partial charge on any atom is -0.358 e. The Hall–Kier alpha value is -1.77. The zero-order chi connectivity index (χ0) is 19.8. The van der Waals surface area contributed by atoms with Gasteiger partial charge in [-0.15, -0.1) is 24.0 Å². The first kappa shape index (κ1) is 23.5. The molecule has 1 aromatic carbocycles. The number of aromatic amines is 1. The van der Waals surface area contributed by atoms with Crippen molar-refractivity contribution in [2.45, 2.75) is 38.5 Å². The first-order valence-electron chi connectivity index (χ1n) is 10.4. The molecule has 1 saturated carbocycles. The van der Waals surface area contributed by atoms with Crippen LogP contribution in [0.25, 0.3) is 10.9 Å². The maximum atomic E-state index is 11.9. The summed E-state index contributed by atoms with van der Waals surface area (Å²) in [5.41, 5.74) is 2.36. The summed E-state index contributed by atoms with van der Waals surface area (Å²) in [5, 5.41) is 8.08. The fraction of sp³-hybridized carbons (Fsp3) is 0.545. The number of para-hydroxylation sites is 1. The van der Waals surface area contributed by atoms with Crippen LogP contribution in [0.2, 0.25) is 0 Å². The van der Waals surface area contributed by atoms with E-state index in [2.05, 4.69) is 44.9 Å². The first-order valence-corrected chi connectivity index (χ1v) is 10.4. The highest BCUT2D eigenvalue weighted by atomic mass is 127. The molecule has 1 fully saturated rings. The highest BCUT2D eigenvalue weighted by Crippen LogP contribution is 2.22. The van der Waals surface area contributed by atoms with Crippen molar-refractivity contribution in [1.29, 1.82) is 0 Å². The Kier molecular flexibility index (Phi) is 9.76. The number of amides is 1. The summed E-state index contributed by atoms with van der Waals surface area (Å²) in [6.45, 7) is 1.85. The third-order valence-electron chi connectivity index (χ3n) is 5.43. The number of hydrogen-bond donors (Lipinski definition) is 3. The SMILES string of the molecule is CN(C)C(=O)CN=C(NCCc1cc2ccccc2[nH]1)NCC1CCCCC1.I. The zero-order valence-electron chi connectivity index (χ0n) is 17.5. The molecule has 0 unspecified atom stereocenters. The minimum atomic E-state index is 0. The van der Waals surface area contributed by atoms with Gasteiger partial charge in [-0.3, -0.25) is 4.79 Å². The van der Waals surface area contributed by atoms with E-state index in [0.29, 0.717) is 5.92 Å². The molecule has 0 bridgehead atoms. The average Bonchev–Trinajstić information content (AvgIpc) is 3.12. The number of guanidine groups is 1. The van der Waals surface area contributed by atoms with Crippen molar-refractivity contribution in [2.75, 3.05) is 33.7 Å². The molecule has 0 atom stereocenters. The van der Waals surface area contributed by atoms with E-state index >= 15 is 0 Å². The molecular formula is C22H34IN5O. The van der Waals surface area contributed by atoms with Gasteiger partial charge < -0.3 is 20.5 Å². The molecule has 1 aromatic heterocycles. The van der Waals surface area contributed by atoms with Gasteiger partial charge in [0.1, 0.15) is 6.54 Å². The van der Waals surface area contributed by atoms with Crippen LogP contribution < -0.4 is 10.6 Å². The van der Waals surface area contributed by atoms with Gasteiger partial charge in [0.25, 0.3) is 0 Å². The predicted octanol–water partition coefficient (Wildman–Crippen LogP) is 3.53. The number of nitrogens with zero attached hydrogens (tertiary/aromatic N) is 2. The summed E-state index contributed by atoms with van der Waals surface area (Å²) in [7, 11) is 3.52. The normalized spacial score (nSPS) is 15.0. The molecule has 0 aliphatic heterocycles. The molecule has 29 heavy (non-hydrogen) atoms. The van der Waals surface area contributed by atoms with Crippen LogP contribution in [0.15, 0.2) is 35.3 Å². The van der Waals surface area contributed by atoms with Crippen LogP contribution in [-0.2, 0) is 11.2 Å². The number of halogens is 1. The van der Waals surface area contributed by atoms with E-state index in [4.69, 9.17) is 0 Å². The summed E-state index contributed by atoms with van der Waals surface area (Å²) in [5.74, 6) is 1.45. The number of rotatable bonds is 7. The number of nitrogens with one attached hydrogen (secondary N) is 3. The molecule has 0 spiro atoms. The minimum absolute atomic E-state index is 0. The lowest BCUT2D eigenvalue weighted by molar-refractivity contribution is -0.127. The van der Waals surface area contributed by atoms with Crippen molar-refractivity contribution in [3.05, 3.63) is 36.0 Å². The van der Waals surface area contributed by atoms with E-state index in [9.17, 15) is 4.79 Å². The van der Waals surface area contributed by atoms with Crippen LogP contribution in [0.4, 0.5) is 0 Å². The maximum Gasteiger partial charge on any atom is 0.243 e. The van der Waals surface area contributed by atoms with E-state index in [-0.39, 0.29) is 36.4 Å². The zero-order valence-corrected chi connectivity index (χ0v) is 19.9. The number of carbonyl (C=O) groups excluding carboxylic acids is 1. The number of fused-ring (bicyclic) bond motifs is 1. The molecule has 1 aliphatic carbocycles. The Morgan fingerprint density at radius 2 is 1.93 bits per heavy atom. The maximum absolute atomic E-state index is 11.9. The third kappa shape index (κ3) is 7.53. The summed E-state index contributed by atoms with van der Waals surface area (Å²) in [6, 6.07) is 10.5. The monoisotopic (exact) mass is 511 g/mol. The topological polar surface area (TPSA) is 72.5 Å². The lowest BCUT2D eigenvalue weighted by atomic mass is 9.89. The number of benzene rings is 1. The Bertz CT molecular complexity index is 762. The van der Waals surface area contributed by atoms with Crippen LogP contribution in [0.1, 0.15) is 37.8 Å². The molecule has 0 radical (unpaired) electrons. The fourth-order valence-electron chi connectivity index (χ4n) is 3.68. The average molecular weight is 511 g/mol. The Balaban J connectivity index is 0.00000300. The summed E-state index contributed by atoms with van der Waals surface area (Å²) >= 11 is 0. The molecule has 3 rings (SSSR count). The molecule has 6 nitrogen and oxygen atoms in total. The number of hydrogen-bond acceptors (Lipinski definition) is 2. The Morgan fingerprint density at radius 3 is 2.66 bits per heavy atom. The smallest absolute Gasteiger partial charge is 0.243 e. The highest BCUT2D eigenvalue weighted by molar-refractivity contribution is 14.0. The molecule has 1 heterocycles. The van der Waals surface area contributed by atoms with E-state index < -0.39 is 0 Å². The summed E-state index contributed by atoms with van der Waals surface area (Å²) in [6.07, 6.45) is 7.45. The quantitative estimate of drug-likeness (QED) is 0.303. The number of H-pyrrole nitrogens is 1. The molecule has 7 heteroatoms. The van der Waals surface area contributed by atoms with Crippen molar-refractivity contribution in [3.8, 4) is 0 Å². The van der Waals surface area contributed by atoms with Gasteiger partial charge in [-0.05, 0) is 36.3 Å². The number of aliphatic imine (C=N–C) groups is 1. The third-order valence-corrected chi connectivity index (χ3v) is 5.43. The van der Waals surface area contributed by atoms with Gasteiger partial charge in [0.05, 0.1) is 0 Å². The van der Waals surface area contributed by atoms with Crippen molar-refractivity contribution >= 4 is 46.7 Å². The predicted molar refractivity (Wildman–Crippen MR) is 131 cm³/mol.